The van der Waals surface area contributed by atoms with Gasteiger partial charge in [-0.3, -0.25) is 0 Å². The zero-order valence-corrected chi connectivity index (χ0v) is 22.1. The molecule has 198 valence electrons. The Labute approximate surface area is 220 Å². The van der Waals surface area contributed by atoms with Crippen molar-refractivity contribution in [1.82, 2.24) is 19.9 Å². The standard InChI is InChI=1S/C25H32ClFN8O2/c1-34(2)8-9-35(3)21-13-22(37-4)20(12-18(21)28)32-24-30-14-29-23(33-24)31-19-11-16(26)17(27)10-15(19)25(36)6-5-7-25/h10-14,36H,5-9,28H2,1-4H3,(H2,29,30,31,32,33). The van der Waals surface area contributed by atoms with Crippen molar-refractivity contribution in [1.29, 1.82) is 0 Å². The molecule has 1 heterocycles. The van der Waals surface area contributed by atoms with Gasteiger partial charge in [-0.25, -0.2) is 14.4 Å². The van der Waals surface area contributed by atoms with E-state index in [9.17, 15) is 9.50 Å². The molecule has 0 unspecified atom stereocenters. The van der Waals surface area contributed by atoms with E-state index in [4.69, 9.17) is 22.1 Å². The van der Waals surface area contributed by atoms with Crippen molar-refractivity contribution in [3.8, 4) is 5.75 Å². The average molecular weight is 531 g/mol. The first-order valence-electron chi connectivity index (χ1n) is 11.9. The maximum absolute atomic E-state index is 14.2. The first kappa shape index (κ1) is 26.6. The van der Waals surface area contributed by atoms with E-state index in [0.717, 1.165) is 25.2 Å². The fourth-order valence-corrected chi connectivity index (χ4v) is 4.29. The normalized spacial score (nSPS) is 14.3. The molecular formula is C25H32ClFN8O2. The number of nitrogen functional groups attached to an aromatic ring is 1. The minimum atomic E-state index is -1.12. The second-order valence-corrected chi connectivity index (χ2v) is 9.82. The number of hydrogen-bond acceptors (Lipinski definition) is 10. The summed E-state index contributed by atoms with van der Waals surface area (Å²) in [6, 6.07) is 6.31. The number of hydrogen-bond donors (Lipinski definition) is 4. The van der Waals surface area contributed by atoms with Crippen LogP contribution in [-0.4, -0.2) is 66.3 Å². The molecule has 0 spiro atoms. The Morgan fingerprint density at radius 2 is 1.76 bits per heavy atom. The number of halogens is 2. The van der Waals surface area contributed by atoms with Crippen molar-refractivity contribution < 1.29 is 14.2 Å². The van der Waals surface area contributed by atoms with Gasteiger partial charge in [-0.2, -0.15) is 4.98 Å². The highest BCUT2D eigenvalue weighted by molar-refractivity contribution is 6.31. The molecule has 1 saturated carbocycles. The van der Waals surface area contributed by atoms with E-state index >= 15 is 0 Å². The van der Waals surface area contributed by atoms with E-state index in [1.807, 2.05) is 27.2 Å². The Morgan fingerprint density at radius 3 is 2.35 bits per heavy atom. The van der Waals surface area contributed by atoms with Crippen LogP contribution in [0.15, 0.2) is 30.6 Å². The van der Waals surface area contributed by atoms with Crippen LogP contribution in [0.1, 0.15) is 24.8 Å². The first-order chi connectivity index (χ1) is 17.6. The summed E-state index contributed by atoms with van der Waals surface area (Å²) in [5.41, 5.74) is 8.07. The number of aliphatic hydroxyl groups is 1. The van der Waals surface area contributed by atoms with E-state index in [2.05, 4.69) is 35.4 Å². The zero-order chi connectivity index (χ0) is 26.7. The molecule has 37 heavy (non-hydrogen) atoms. The molecular weight excluding hydrogens is 499 g/mol. The smallest absolute Gasteiger partial charge is 0.232 e. The minimum Gasteiger partial charge on any atom is -0.494 e. The van der Waals surface area contributed by atoms with Crippen molar-refractivity contribution >= 4 is 46.2 Å². The quantitative estimate of drug-likeness (QED) is 0.284. The molecule has 1 aliphatic carbocycles. The van der Waals surface area contributed by atoms with Gasteiger partial charge >= 0.3 is 0 Å². The van der Waals surface area contributed by atoms with E-state index < -0.39 is 11.4 Å². The second kappa shape index (κ2) is 10.9. The number of rotatable bonds is 10. The largest absolute Gasteiger partial charge is 0.494 e. The Kier molecular flexibility index (Phi) is 7.86. The number of benzene rings is 2. The fraction of sp³-hybridized carbons (Fsp3) is 0.400. The predicted molar refractivity (Wildman–Crippen MR) is 145 cm³/mol. The summed E-state index contributed by atoms with van der Waals surface area (Å²) in [7, 11) is 7.58. The molecule has 3 aromatic rings. The molecule has 5 N–H and O–H groups in total. The average Bonchev–Trinajstić information content (AvgIpc) is 2.83. The second-order valence-electron chi connectivity index (χ2n) is 9.42. The maximum atomic E-state index is 14.2. The third-order valence-electron chi connectivity index (χ3n) is 6.45. The van der Waals surface area contributed by atoms with E-state index in [0.29, 0.717) is 41.2 Å². The van der Waals surface area contributed by atoms with Crippen molar-refractivity contribution in [2.24, 2.45) is 0 Å². The van der Waals surface area contributed by atoms with Gasteiger partial charge in [-0.05, 0) is 51.6 Å². The van der Waals surface area contributed by atoms with Crippen molar-refractivity contribution in [2.45, 2.75) is 24.9 Å². The number of ether oxygens (including phenoxy) is 1. The number of nitrogens with two attached hydrogens (primary N) is 1. The molecule has 0 radical (unpaired) electrons. The van der Waals surface area contributed by atoms with Crippen LogP contribution in [0.25, 0.3) is 0 Å². The summed E-state index contributed by atoms with van der Waals surface area (Å²) in [6.45, 7) is 1.66. The van der Waals surface area contributed by atoms with E-state index in [-0.39, 0.29) is 16.9 Å². The minimum absolute atomic E-state index is 0.0718. The summed E-state index contributed by atoms with van der Waals surface area (Å²) in [5.74, 6) is 0.397. The van der Waals surface area contributed by atoms with Crippen LogP contribution < -0.4 is 26.0 Å². The van der Waals surface area contributed by atoms with Crippen molar-refractivity contribution in [2.75, 3.05) is 62.6 Å². The fourth-order valence-electron chi connectivity index (χ4n) is 4.13. The number of likely N-dealkylation sites (N-methyl/N-ethyl adjacent to an activating group) is 2. The lowest BCUT2D eigenvalue weighted by Gasteiger charge is -2.38. The molecule has 0 aliphatic heterocycles. The molecule has 0 atom stereocenters. The number of nitrogens with zero attached hydrogens (tertiary/aromatic N) is 5. The van der Waals surface area contributed by atoms with Crippen molar-refractivity contribution in [3.63, 3.8) is 0 Å². The van der Waals surface area contributed by atoms with Gasteiger partial charge < -0.3 is 36.0 Å². The molecule has 10 nitrogen and oxygen atoms in total. The molecule has 0 saturated heterocycles. The highest BCUT2D eigenvalue weighted by Gasteiger charge is 2.39. The maximum Gasteiger partial charge on any atom is 0.232 e. The topological polar surface area (TPSA) is 125 Å². The van der Waals surface area contributed by atoms with Gasteiger partial charge in [0.1, 0.15) is 17.9 Å². The van der Waals surface area contributed by atoms with Gasteiger partial charge in [0, 0.05) is 37.5 Å². The van der Waals surface area contributed by atoms with Crippen LogP contribution in [0.3, 0.4) is 0 Å². The Hall–Kier alpha value is -3.41. The highest BCUT2D eigenvalue weighted by atomic mass is 35.5. The van der Waals surface area contributed by atoms with Crippen molar-refractivity contribution in [3.05, 3.63) is 47.0 Å². The van der Waals surface area contributed by atoms with Crippen LogP contribution in [0, 0.1) is 5.82 Å². The molecule has 1 aromatic heterocycles. The summed E-state index contributed by atoms with van der Waals surface area (Å²) in [6.07, 6.45) is 3.26. The van der Waals surface area contributed by atoms with Gasteiger partial charge in [0.15, 0.2) is 0 Å². The number of methoxy groups -OCH3 is 1. The molecule has 0 bridgehead atoms. The Bertz CT molecular complexity index is 1270. The number of nitrogens with one attached hydrogen (secondary N) is 2. The van der Waals surface area contributed by atoms with Crippen LogP contribution in [0.5, 0.6) is 5.75 Å². The third kappa shape index (κ3) is 5.95. The van der Waals surface area contributed by atoms with E-state index in [1.54, 1.807) is 13.2 Å². The summed E-state index contributed by atoms with van der Waals surface area (Å²) < 4.78 is 19.8. The van der Waals surface area contributed by atoms with E-state index in [1.165, 1.54) is 18.5 Å². The van der Waals surface area contributed by atoms with Crippen LogP contribution >= 0.6 is 11.6 Å². The number of aromatic nitrogens is 3. The monoisotopic (exact) mass is 530 g/mol. The lowest BCUT2D eigenvalue weighted by Crippen LogP contribution is -2.34. The molecule has 1 fully saturated rings. The number of anilines is 6. The highest BCUT2D eigenvalue weighted by Crippen LogP contribution is 2.45. The van der Waals surface area contributed by atoms with Gasteiger partial charge in [0.2, 0.25) is 11.9 Å². The summed E-state index contributed by atoms with van der Waals surface area (Å²) in [5, 5.41) is 17.0. The molecule has 2 aromatic carbocycles. The Balaban J connectivity index is 1.57. The molecule has 1 aliphatic rings. The van der Waals surface area contributed by atoms with Crippen LogP contribution in [-0.2, 0) is 5.60 Å². The Morgan fingerprint density at radius 1 is 1.08 bits per heavy atom. The van der Waals surface area contributed by atoms with Crippen LogP contribution in [0.4, 0.5) is 39.0 Å². The SMILES string of the molecule is COc1cc(N(C)CCN(C)C)c(N)cc1Nc1ncnc(Nc2cc(Cl)c(F)cc2C2(O)CCC2)n1. The molecule has 12 heteroatoms. The summed E-state index contributed by atoms with van der Waals surface area (Å²) >= 11 is 6.03. The summed E-state index contributed by atoms with van der Waals surface area (Å²) in [4.78, 5) is 16.9. The van der Waals surface area contributed by atoms with Gasteiger partial charge in [-0.1, -0.05) is 11.6 Å². The third-order valence-corrected chi connectivity index (χ3v) is 6.74. The van der Waals surface area contributed by atoms with Gasteiger partial charge in [0.25, 0.3) is 0 Å². The molecule has 4 rings (SSSR count). The van der Waals surface area contributed by atoms with Crippen LogP contribution in [0.2, 0.25) is 5.02 Å². The molecule has 0 amide bonds. The zero-order valence-electron chi connectivity index (χ0n) is 21.3. The lowest BCUT2D eigenvalue weighted by molar-refractivity contribution is -0.0383. The first-order valence-corrected chi connectivity index (χ1v) is 12.3. The lowest BCUT2D eigenvalue weighted by atomic mass is 9.74. The van der Waals surface area contributed by atoms with Gasteiger partial charge in [-0.15, -0.1) is 0 Å². The predicted octanol–water partition coefficient (Wildman–Crippen LogP) is 4.11. The van der Waals surface area contributed by atoms with Gasteiger partial charge in [0.05, 0.1) is 34.8 Å².